The van der Waals surface area contributed by atoms with Crippen LogP contribution in [-0.4, -0.2) is 17.7 Å². The maximum absolute atomic E-state index is 10.1. The fourth-order valence-electron chi connectivity index (χ4n) is 0.560. The van der Waals surface area contributed by atoms with Gasteiger partial charge in [0, 0.05) is 0 Å². The van der Waals surface area contributed by atoms with Crippen LogP contribution < -0.4 is 0 Å². The van der Waals surface area contributed by atoms with Gasteiger partial charge in [0.25, 0.3) is 0 Å². The van der Waals surface area contributed by atoms with Crippen molar-refractivity contribution >= 4 is 5.97 Å². The van der Waals surface area contributed by atoms with Gasteiger partial charge < -0.3 is 9.84 Å². The molecule has 0 aliphatic rings. The van der Waals surface area contributed by atoms with Crippen LogP contribution in [0.2, 0.25) is 0 Å². The summed E-state index contributed by atoms with van der Waals surface area (Å²) in [5, 5.41) is 8.30. The third-order valence-electron chi connectivity index (χ3n) is 1.04. The largest absolute Gasteiger partial charge is 0.482 e. The topological polar surface area (TPSA) is 46.5 Å². The van der Waals surface area contributed by atoms with E-state index >= 15 is 0 Å². The van der Waals surface area contributed by atoms with E-state index < -0.39 is 5.97 Å². The minimum absolute atomic E-state index is 0.355. The average Bonchev–Trinajstić information content (AvgIpc) is 1.96. The van der Waals surface area contributed by atoms with Gasteiger partial charge in [-0.05, 0) is 18.6 Å². The number of hydrogen-bond donors (Lipinski definition) is 1. The van der Waals surface area contributed by atoms with Crippen LogP contribution in [0.4, 0.5) is 0 Å². The summed E-state index contributed by atoms with van der Waals surface area (Å²) >= 11 is 0. The van der Waals surface area contributed by atoms with Gasteiger partial charge in [0.1, 0.15) is 5.76 Å². The Bertz CT molecular complexity index is 226. The van der Waals surface area contributed by atoms with E-state index in [-0.39, 0.29) is 6.61 Å². The highest BCUT2D eigenvalue weighted by atomic mass is 16.5. The number of carboxylic acids is 1. The predicted molar refractivity (Wildman–Crippen MR) is 46.7 cm³/mol. The van der Waals surface area contributed by atoms with E-state index in [1.165, 1.54) is 6.08 Å². The first kappa shape index (κ1) is 10.5. The van der Waals surface area contributed by atoms with Gasteiger partial charge in [-0.15, -0.1) is 0 Å². The number of allylic oxidation sites excluding steroid dienone is 3. The van der Waals surface area contributed by atoms with E-state index in [1.54, 1.807) is 13.0 Å². The molecule has 0 aromatic rings. The lowest BCUT2D eigenvalue weighted by atomic mass is 10.2. The third-order valence-corrected chi connectivity index (χ3v) is 1.04. The highest BCUT2D eigenvalue weighted by molar-refractivity contribution is 5.68. The Morgan fingerprint density at radius 3 is 2.58 bits per heavy atom. The Labute approximate surface area is 71.7 Å². The number of rotatable bonds is 5. The van der Waals surface area contributed by atoms with Crippen LogP contribution in [0.3, 0.4) is 0 Å². The normalized spacial score (nSPS) is 10.6. The highest BCUT2D eigenvalue weighted by Gasteiger charge is 2.01. The molecule has 3 heteroatoms. The summed E-state index contributed by atoms with van der Waals surface area (Å²) in [6.45, 7) is 8.46. The summed E-state index contributed by atoms with van der Waals surface area (Å²) in [4.78, 5) is 10.1. The smallest absolute Gasteiger partial charge is 0.341 e. The fourth-order valence-corrected chi connectivity index (χ4v) is 0.560. The summed E-state index contributed by atoms with van der Waals surface area (Å²) in [5.41, 5.74) is 0.677. The molecule has 0 heterocycles. The Balaban J connectivity index is 4.15. The molecular weight excluding hydrogens is 156 g/mol. The summed E-state index contributed by atoms with van der Waals surface area (Å²) in [7, 11) is 0. The van der Waals surface area contributed by atoms with Crippen LogP contribution in [0.1, 0.15) is 6.92 Å². The number of carboxylic acid groups (broad SMARTS) is 1. The maximum atomic E-state index is 10.1. The summed E-state index contributed by atoms with van der Waals surface area (Å²) in [5.74, 6) is -0.557. The second kappa shape index (κ2) is 5.18. The Morgan fingerprint density at radius 2 is 2.25 bits per heavy atom. The number of ether oxygens (including phenoxy) is 1. The van der Waals surface area contributed by atoms with Crippen molar-refractivity contribution in [1.29, 1.82) is 0 Å². The van der Waals surface area contributed by atoms with Crippen LogP contribution in [-0.2, 0) is 9.53 Å². The molecule has 0 bridgehead atoms. The van der Waals surface area contributed by atoms with Crippen LogP contribution in [0.25, 0.3) is 0 Å². The summed E-state index contributed by atoms with van der Waals surface area (Å²) < 4.78 is 4.90. The molecule has 1 N–H and O–H groups in total. The quantitative estimate of drug-likeness (QED) is 0.502. The van der Waals surface area contributed by atoms with Gasteiger partial charge in [0.2, 0.25) is 0 Å². The SMILES string of the molecule is C=C/C=C(/OCC(=O)O)C(=C)C. The zero-order chi connectivity index (χ0) is 9.56. The molecule has 0 unspecified atom stereocenters. The Hall–Kier alpha value is -1.51. The molecule has 0 fully saturated rings. The lowest BCUT2D eigenvalue weighted by Gasteiger charge is -2.06. The van der Waals surface area contributed by atoms with Crippen molar-refractivity contribution in [3.05, 3.63) is 36.6 Å². The van der Waals surface area contributed by atoms with Gasteiger partial charge in [-0.2, -0.15) is 0 Å². The molecule has 0 saturated carbocycles. The molecule has 0 radical (unpaired) electrons. The third kappa shape index (κ3) is 4.33. The fraction of sp³-hybridized carbons (Fsp3) is 0.222. The van der Waals surface area contributed by atoms with Gasteiger partial charge in [-0.25, -0.2) is 4.79 Å². The molecule has 0 aromatic heterocycles. The molecule has 0 amide bonds. The van der Waals surface area contributed by atoms with Gasteiger partial charge >= 0.3 is 5.97 Å². The zero-order valence-electron chi connectivity index (χ0n) is 7.04. The molecule has 12 heavy (non-hydrogen) atoms. The Morgan fingerprint density at radius 1 is 1.67 bits per heavy atom. The monoisotopic (exact) mass is 168 g/mol. The number of aliphatic carboxylic acids is 1. The molecule has 0 atom stereocenters. The first-order valence-corrected chi connectivity index (χ1v) is 3.41. The van der Waals surface area contributed by atoms with E-state index in [0.29, 0.717) is 11.3 Å². The molecule has 66 valence electrons. The average molecular weight is 168 g/mol. The highest BCUT2D eigenvalue weighted by Crippen LogP contribution is 2.07. The first-order chi connectivity index (χ1) is 5.57. The molecular formula is C9H12O3. The van der Waals surface area contributed by atoms with Gasteiger partial charge in [0.05, 0.1) is 0 Å². The van der Waals surface area contributed by atoms with Crippen LogP contribution in [0, 0.1) is 0 Å². The number of carbonyl (C=O) groups is 1. The van der Waals surface area contributed by atoms with Crippen molar-refractivity contribution in [2.45, 2.75) is 6.92 Å². The molecule has 0 saturated heterocycles. The van der Waals surface area contributed by atoms with Crippen molar-refractivity contribution in [1.82, 2.24) is 0 Å². The standard InChI is InChI=1S/C9H12O3/c1-4-5-8(7(2)3)12-6-9(10)11/h4-5H,1-2,6H2,3H3,(H,10,11)/b8-5+. The van der Waals surface area contributed by atoms with Gasteiger partial charge in [-0.1, -0.05) is 19.2 Å². The molecule has 0 aromatic carbocycles. The van der Waals surface area contributed by atoms with E-state index in [4.69, 9.17) is 9.84 Å². The van der Waals surface area contributed by atoms with Crippen molar-refractivity contribution in [2.75, 3.05) is 6.61 Å². The van der Waals surface area contributed by atoms with Crippen molar-refractivity contribution in [3.63, 3.8) is 0 Å². The molecule has 0 aliphatic heterocycles. The van der Waals surface area contributed by atoms with Crippen molar-refractivity contribution in [3.8, 4) is 0 Å². The molecule has 0 spiro atoms. The minimum atomic E-state index is -1.01. The lowest BCUT2D eigenvalue weighted by Crippen LogP contribution is -2.06. The van der Waals surface area contributed by atoms with Crippen LogP contribution in [0.5, 0.6) is 0 Å². The van der Waals surface area contributed by atoms with Crippen LogP contribution in [0.15, 0.2) is 36.6 Å². The van der Waals surface area contributed by atoms with E-state index in [2.05, 4.69) is 13.2 Å². The molecule has 0 aliphatic carbocycles. The van der Waals surface area contributed by atoms with Crippen molar-refractivity contribution < 1.29 is 14.6 Å². The minimum Gasteiger partial charge on any atom is -0.482 e. The summed E-state index contributed by atoms with van der Waals surface area (Å²) in [6, 6.07) is 0. The molecule has 3 nitrogen and oxygen atoms in total. The zero-order valence-corrected chi connectivity index (χ0v) is 7.04. The van der Waals surface area contributed by atoms with Crippen LogP contribution >= 0.6 is 0 Å². The van der Waals surface area contributed by atoms with Gasteiger partial charge in [-0.3, -0.25) is 0 Å². The lowest BCUT2D eigenvalue weighted by molar-refractivity contribution is -0.140. The number of hydrogen-bond acceptors (Lipinski definition) is 2. The van der Waals surface area contributed by atoms with E-state index in [9.17, 15) is 4.79 Å². The van der Waals surface area contributed by atoms with E-state index in [0.717, 1.165) is 0 Å². The maximum Gasteiger partial charge on any atom is 0.341 e. The van der Waals surface area contributed by atoms with E-state index in [1.807, 2.05) is 0 Å². The molecule has 0 rings (SSSR count). The van der Waals surface area contributed by atoms with Gasteiger partial charge in [0.15, 0.2) is 6.61 Å². The second-order valence-electron chi connectivity index (χ2n) is 2.23. The Kier molecular flexibility index (Phi) is 4.53. The predicted octanol–water partition coefficient (Wildman–Crippen LogP) is 1.73. The summed E-state index contributed by atoms with van der Waals surface area (Å²) in [6.07, 6.45) is 3.09. The first-order valence-electron chi connectivity index (χ1n) is 3.41. The second-order valence-corrected chi connectivity index (χ2v) is 2.23. The van der Waals surface area contributed by atoms with Crippen molar-refractivity contribution in [2.24, 2.45) is 0 Å².